The van der Waals surface area contributed by atoms with Crippen molar-refractivity contribution in [2.24, 2.45) is 9.98 Å². The summed E-state index contributed by atoms with van der Waals surface area (Å²) in [6.07, 6.45) is 0.965. The van der Waals surface area contributed by atoms with E-state index in [9.17, 15) is 4.79 Å². The quantitative estimate of drug-likeness (QED) is 0.420. The highest BCUT2D eigenvalue weighted by Gasteiger charge is 2.18. The van der Waals surface area contributed by atoms with Gasteiger partial charge in [-0.2, -0.15) is 0 Å². The SMILES string of the molecule is O=C(Nc1ccc(Cl)c(Cl)c1)ONC1=Nc2ccc(Br)cc2C(c2ccccn2)=NC1. The number of nitrogens with zero attached hydrogens (tertiary/aromatic N) is 3. The molecule has 2 N–H and O–H groups in total. The second-order valence-corrected chi connectivity index (χ2v) is 8.08. The fourth-order valence-electron chi connectivity index (χ4n) is 2.81. The molecule has 0 saturated heterocycles. The number of benzene rings is 2. The van der Waals surface area contributed by atoms with Crippen molar-refractivity contribution in [3.8, 4) is 0 Å². The molecule has 0 unspecified atom stereocenters. The first-order chi connectivity index (χ1) is 15.0. The Morgan fingerprint density at radius 3 is 2.71 bits per heavy atom. The number of hydroxylamine groups is 1. The Morgan fingerprint density at radius 2 is 1.94 bits per heavy atom. The minimum Gasteiger partial charge on any atom is -0.323 e. The van der Waals surface area contributed by atoms with Crippen LogP contribution in [0.4, 0.5) is 16.2 Å². The molecule has 0 bridgehead atoms. The molecule has 1 aliphatic rings. The maximum absolute atomic E-state index is 12.1. The molecule has 2 heterocycles. The van der Waals surface area contributed by atoms with Gasteiger partial charge in [0.15, 0.2) is 5.84 Å². The second kappa shape index (κ2) is 9.47. The van der Waals surface area contributed by atoms with Gasteiger partial charge in [0.1, 0.15) is 6.54 Å². The molecule has 31 heavy (non-hydrogen) atoms. The predicted molar refractivity (Wildman–Crippen MR) is 126 cm³/mol. The largest absolute Gasteiger partial charge is 0.435 e. The number of carbonyl (C=O) groups is 1. The van der Waals surface area contributed by atoms with Crippen LogP contribution in [0.25, 0.3) is 0 Å². The minimum absolute atomic E-state index is 0.165. The molecule has 2 aromatic carbocycles. The van der Waals surface area contributed by atoms with Gasteiger partial charge in [-0.15, -0.1) is 0 Å². The number of anilines is 1. The molecule has 0 fully saturated rings. The van der Waals surface area contributed by atoms with E-state index >= 15 is 0 Å². The number of halogens is 3. The molecule has 3 aromatic rings. The molecule has 0 radical (unpaired) electrons. The van der Waals surface area contributed by atoms with Crippen molar-refractivity contribution in [2.45, 2.75) is 0 Å². The van der Waals surface area contributed by atoms with E-state index in [1.807, 2.05) is 36.4 Å². The molecule has 0 aliphatic carbocycles. The fourth-order valence-corrected chi connectivity index (χ4v) is 3.47. The topological polar surface area (TPSA) is 88.0 Å². The first-order valence-electron chi connectivity index (χ1n) is 9.02. The van der Waals surface area contributed by atoms with Gasteiger partial charge < -0.3 is 4.84 Å². The second-order valence-electron chi connectivity index (χ2n) is 6.35. The van der Waals surface area contributed by atoms with Gasteiger partial charge in [-0.3, -0.25) is 15.3 Å². The van der Waals surface area contributed by atoms with Gasteiger partial charge in [0.05, 0.1) is 27.1 Å². The summed E-state index contributed by atoms with van der Waals surface area (Å²) in [6.45, 7) is 0.165. The van der Waals surface area contributed by atoms with Crippen LogP contribution in [0.5, 0.6) is 0 Å². The fraction of sp³-hybridized carbons (Fsp3) is 0.0476. The van der Waals surface area contributed by atoms with E-state index in [1.165, 1.54) is 6.07 Å². The van der Waals surface area contributed by atoms with E-state index < -0.39 is 6.09 Å². The number of rotatable bonds is 2. The lowest BCUT2D eigenvalue weighted by atomic mass is 10.0. The number of carbonyl (C=O) groups excluding carboxylic acids is 1. The number of fused-ring (bicyclic) bond motifs is 1. The number of hydrogen-bond acceptors (Lipinski definition) is 6. The molecular formula is C21H14BrCl2N5O2. The lowest BCUT2D eigenvalue weighted by Crippen LogP contribution is -2.31. The monoisotopic (exact) mass is 517 g/mol. The summed E-state index contributed by atoms with van der Waals surface area (Å²) in [5.41, 5.74) is 5.90. The van der Waals surface area contributed by atoms with Crippen LogP contribution in [0.1, 0.15) is 11.3 Å². The number of nitrogens with one attached hydrogen (secondary N) is 2. The summed E-state index contributed by atoms with van der Waals surface area (Å²) in [7, 11) is 0. The highest BCUT2D eigenvalue weighted by Crippen LogP contribution is 2.28. The van der Waals surface area contributed by atoms with Crippen molar-refractivity contribution in [1.29, 1.82) is 0 Å². The zero-order valence-corrected chi connectivity index (χ0v) is 18.9. The van der Waals surface area contributed by atoms with E-state index in [4.69, 9.17) is 28.0 Å². The Bertz CT molecular complexity index is 1200. The summed E-state index contributed by atoms with van der Waals surface area (Å²) < 4.78 is 0.888. The van der Waals surface area contributed by atoms with Gasteiger partial charge in [-0.1, -0.05) is 45.2 Å². The van der Waals surface area contributed by atoms with E-state index in [-0.39, 0.29) is 6.54 Å². The average molecular weight is 519 g/mol. The summed E-state index contributed by atoms with van der Waals surface area (Å²) in [4.78, 5) is 30.8. The third kappa shape index (κ3) is 5.22. The van der Waals surface area contributed by atoms with Gasteiger partial charge in [-0.05, 0) is 48.5 Å². The van der Waals surface area contributed by atoms with Crippen molar-refractivity contribution in [3.05, 3.63) is 86.6 Å². The van der Waals surface area contributed by atoms with Crippen LogP contribution in [0.3, 0.4) is 0 Å². The molecule has 1 aromatic heterocycles. The zero-order chi connectivity index (χ0) is 21.8. The standard InChI is InChI=1S/C21H14BrCl2N5O2/c22-12-4-7-17-14(9-12)20(18-3-1-2-8-25-18)26-11-19(28-17)29-31-21(30)27-13-5-6-15(23)16(24)10-13/h1-10H,11H2,(H,27,30)(H,28,29). The lowest BCUT2D eigenvalue weighted by molar-refractivity contribution is 0.134. The third-order valence-corrected chi connectivity index (χ3v) is 5.42. The molecule has 1 amide bonds. The van der Waals surface area contributed by atoms with E-state index in [0.717, 1.165) is 15.7 Å². The Kier molecular flexibility index (Phi) is 6.50. The predicted octanol–water partition coefficient (Wildman–Crippen LogP) is 5.79. The molecule has 7 nitrogen and oxygen atoms in total. The van der Waals surface area contributed by atoms with Crippen LogP contribution < -0.4 is 10.8 Å². The van der Waals surface area contributed by atoms with Crippen molar-refractivity contribution >= 4 is 68.1 Å². The number of amides is 1. The maximum Gasteiger partial charge on any atom is 0.435 e. The Labute approximate surface area is 196 Å². The third-order valence-electron chi connectivity index (χ3n) is 4.19. The highest BCUT2D eigenvalue weighted by atomic mass is 79.9. The lowest BCUT2D eigenvalue weighted by Gasteiger charge is -2.09. The van der Waals surface area contributed by atoms with Crippen LogP contribution in [-0.2, 0) is 4.84 Å². The number of aromatic nitrogens is 1. The first-order valence-corrected chi connectivity index (χ1v) is 10.6. The highest BCUT2D eigenvalue weighted by molar-refractivity contribution is 9.10. The van der Waals surface area contributed by atoms with Crippen LogP contribution in [0.15, 0.2) is 75.3 Å². The molecule has 0 atom stereocenters. The van der Waals surface area contributed by atoms with Crippen molar-refractivity contribution in [1.82, 2.24) is 10.5 Å². The normalized spacial score (nSPS) is 12.7. The number of pyridine rings is 1. The van der Waals surface area contributed by atoms with Crippen LogP contribution in [-0.4, -0.2) is 29.2 Å². The van der Waals surface area contributed by atoms with Crippen LogP contribution in [0, 0.1) is 0 Å². The first kappa shape index (κ1) is 21.3. The van der Waals surface area contributed by atoms with Crippen molar-refractivity contribution in [2.75, 3.05) is 11.9 Å². The molecule has 0 spiro atoms. The minimum atomic E-state index is -0.740. The summed E-state index contributed by atoms with van der Waals surface area (Å²) in [5, 5.41) is 3.26. The Morgan fingerprint density at radius 1 is 1.06 bits per heavy atom. The Hall–Kier alpha value is -2.94. The molecular weight excluding hydrogens is 505 g/mol. The van der Waals surface area contributed by atoms with E-state index in [1.54, 1.807) is 18.3 Å². The van der Waals surface area contributed by atoms with Gasteiger partial charge in [-0.25, -0.2) is 15.3 Å². The van der Waals surface area contributed by atoms with E-state index in [2.05, 4.69) is 41.7 Å². The molecule has 4 rings (SSSR count). The van der Waals surface area contributed by atoms with Gasteiger partial charge >= 0.3 is 6.09 Å². The molecule has 156 valence electrons. The molecule has 10 heteroatoms. The van der Waals surface area contributed by atoms with Crippen molar-refractivity contribution in [3.63, 3.8) is 0 Å². The zero-order valence-electron chi connectivity index (χ0n) is 15.8. The number of amidine groups is 1. The number of aliphatic imine (C=N–C) groups is 2. The summed E-state index contributed by atoms with van der Waals surface area (Å²) in [5.74, 6) is 0.360. The summed E-state index contributed by atoms with van der Waals surface area (Å²) in [6, 6.07) is 16.0. The van der Waals surface area contributed by atoms with E-state index in [0.29, 0.717) is 33.0 Å². The average Bonchev–Trinajstić information content (AvgIpc) is 2.94. The van der Waals surface area contributed by atoms with Gasteiger partial charge in [0.2, 0.25) is 0 Å². The Balaban J connectivity index is 1.52. The number of hydrogen-bond donors (Lipinski definition) is 2. The summed E-state index contributed by atoms with van der Waals surface area (Å²) >= 11 is 15.3. The maximum atomic E-state index is 12.1. The van der Waals surface area contributed by atoms with Crippen molar-refractivity contribution < 1.29 is 9.63 Å². The smallest absolute Gasteiger partial charge is 0.323 e. The van der Waals surface area contributed by atoms with Gasteiger partial charge in [0.25, 0.3) is 0 Å². The van der Waals surface area contributed by atoms with Gasteiger partial charge in [0, 0.05) is 21.9 Å². The van der Waals surface area contributed by atoms with Crippen LogP contribution >= 0.6 is 39.1 Å². The van der Waals surface area contributed by atoms with Crippen LogP contribution in [0.2, 0.25) is 10.0 Å². The molecule has 0 saturated carbocycles. The molecule has 1 aliphatic heterocycles.